The monoisotopic (exact) mass is 388 g/mol. The molecular weight excluding hydrogens is 367 g/mol. The molecule has 0 radical (unpaired) electrons. The first-order chi connectivity index (χ1) is 12.7. The van der Waals surface area contributed by atoms with E-state index < -0.39 is 5.72 Å². The average Bonchev–Trinajstić information content (AvgIpc) is 2.56. The molecular formula is C20H21FN2O3S. The number of phenols is 2. The lowest BCUT2D eigenvalue weighted by Crippen LogP contribution is -2.69. The number of phenolic OH excluding ortho intramolecular Hbond substituents is 2. The second kappa shape index (κ2) is 5.99. The number of fused-ring (bicyclic) bond motifs is 1. The van der Waals surface area contributed by atoms with Crippen molar-refractivity contribution >= 4 is 17.3 Å². The maximum atomic E-state index is 14.6. The predicted molar refractivity (Wildman–Crippen MR) is 104 cm³/mol. The van der Waals surface area contributed by atoms with Gasteiger partial charge in [-0.1, -0.05) is 24.3 Å². The molecule has 0 aromatic heterocycles. The van der Waals surface area contributed by atoms with Gasteiger partial charge >= 0.3 is 0 Å². The fourth-order valence-corrected chi connectivity index (χ4v) is 4.66. The van der Waals surface area contributed by atoms with Crippen molar-refractivity contribution in [2.75, 3.05) is 0 Å². The van der Waals surface area contributed by atoms with Crippen LogP contribution in [-0.4, -0.2) is 26.6 Å². The molecule has 2 heterocycles. The topological polar surface area (TPSA) is 73.8 Å². The molecule has 0 unspecified atom stereocenters. The largest absolute Gasteiger partial charge is 0.504 e. The van der Waals surface area contributed by atoms with Gasteiger partial charge in [0.15, 0.2) is 22.3 Å². The third-order valence-electron chi connectivity index (χ3n) is 5.15. The Morgan fingerprint density at radius 2 is 1.85 bits per heavy atom. The van der Waals surface area contributed by atoms with Crippen LogP contribution in [-0.2, 0) is 0 Å². The molecule has 2 atom stereocenters. The number of ether oxygens (including phenoxy) is 1. The van der Waals surface area contributed by atoms with E-state index in [1.807, 2.05) is 13.8 Å². The molecule has 0 amide bonds. The summed E-state index contributed by atoms with van der Waals surface area (Å²) in [7, 11) is 0. The van der Waals surface area contributed by atoms with E-state index in [1.54, 1.807) is 24.3 Å². The molecule has 4 N–H and O–H groups in total. The Hall–Kier alpha value is -2.54. The number of benzene rings is 2. The molecule has 142 valence electrons. The van der Waals surface area contributed by atoms with E-state index in [9.17, 15) is 14.6 Å². The van der Waals surface area contributed by atoms with Crippen LogP contribution in [0.4, 0.5) is 4.39 Å². The van der Waals surface area contributed by atoms with Crippen molar-refractivity contribution in [3.8, 4) is 17.2 Å². The summed E-state index contributed by atoms with van der Waals surface area (Å²) in [6.45, 7) is 4.00. The van der Waals surface area contributed by atoms with Crippen molar-refractivity contribution in [2.24, 2.45) is 0 Å². The average molecular weight is 388 g/mol. The molecule has 27 heavy (non-hydrogen) atoms. The Labute approximate surface area is 162 Å². The molecule has 2 aliphatic rings. The van der Waals surface area contributed by atoms with Crippen molar-refractivity contribution < 1.29 is 19.3 Å². The highest BCUT2D eigenvalue weighted by Crippen LogP contribution is 2.52. The first kappa shape index (κ1) is 17.9. The van der Waals surface area contributed by atoms with Crippen molar-refractivity contribution in [3.05, 3.63) is 53.3 Å². The predicted octanol–water partition coefficient (Wildman–Crippen LogP) is 3.49. The molecule has 2 aliphatic heterocycles. The van der Waals surface area contributed by atoms with Crippen LogP contribution in [0.15, 0.2) is 36.4 Å². The smallest absolute Gasteiger partial charge is 0.200 e. The van der Waals surface area contributed by atoms with E-state index in [0.717, 1.165) is 0 Å². The number of nitrogens with one attached hydrogen (secondary N) is 2. The lowest BCUT2D eigenvalue weighted by molar-refractivity contribution is -0.0152. The Kier molecular flexibility index (Phi) is 3.96. The second-order valence-corrected chi connectivity index (χ2v) is 8.27. The Bertz CT molecular complexity index is 933. The van der Waals surface area contributed by atoms with Gasteiger partial charge < -0.3 is 25.6 Å². The summed E-state index contributed by atoms with van der Waals surface area (Å²) < 4.78 is 20.8. The van der Waals surface area contributed by atoms with Crippen molar-refractivity contribution in [3.63, 3.8) is 0 Å². The summed E-state index contributed by atoms with van der Waals surface area (Å²) in [5.74, 6) is -1.17. The standard InChI is InChI=1S/C20H21FN2O3S/c1-19(2)10-20(23-18(27)22-19)9-13(11-5-3-4-6-14(11)21)12-7-8-15(24)16(25)17(12)26-20/h3-8,13,24-25H,9-10H2,1-2H3,(H2,22,23,27)/t13-,20+/m0/s1. The summed E-state index contributed by atoms with van der Waals surface area (Å²) in [5.41, 5.74) is -0.149. The van der Waals surface area contributed by atoms with E-state index in [2.05, 4.69) is 10.6 Å². The van der Waals surface area contributed by atoms with Crippen LogP contribution in [0.3, 0.4) is 0 Å². The highest BCUT2D eigenvalue weighted by Gasteiger charge is 2.49. The van der Waals surface area contributed by atoms with E-state index in [-0.39, 0.29) is 34.5 Å². The van der Waals surface area contributed by atoms with E-state index >= 15 is 0 Å². The SMILES string of the molecule is CC1(C)C[C@]2(C[C@@H](c3ccccc3F)c3ccc(O)c(O)c3O2)NC(=S)N1. The molecule has 4 rings (SSSR count). The van der Waals surface area contributed by atoms with Crippen LogP contribution in [0, 0.1) is 5.82 Å². The van der Waals surface area contributed by atoms with Crippen LogP contribution in [0.5, 0.6) is 17.2 Å². The zero-order valence-corrected chi connectivity index (χ0v) is 15.9. The van der Waals surface area contributed by atoms with Crippen molar-refractivity contribution in [1.29, 1.82) is 0 Å². The van der Waals surface area contributed by atoms with Crippen molar-refractivity contribution in [1.82, 2.24) is 10.6 Å². The molecule has 1 saturated heterocycles. The Morgan fingerprint density at radius 1 is 1.11 bits per heavy atom. The van der Waals surface area contributed by atoms with E-state index in [1.165, 1.54) is 12.1 Å². The lowest BCUT2D eigenvalue weighted by Gasteiger charge is -2.50. The van der Waals surface area contributed by atoms with E-state index in [0.29, 0.717) is 29.1 Å². The normalized spacial score (nSPS) is 25.9. The number of aromatic hydroxyl groups is 2. The number of halogens is 1. The second-order valence-electron chi connectivity index (χ2n) is 7.87. The van der Waals surface area contributed by atoms with Crippen LogP contribution in [0.1, 0.15) is 43.7 Å². The fourth-order valence-electron chi connectivity index (χ4n) is 4.20. The van der Waals surface area contributed by atoms with Gasteiger partial charge in [-0.3, -0.25) is 0 Å². The van der Waals surface area contributed by atoms with Crippen LogP contribution < -0.4 is 15.4 Å². The maximum Gasteiger partial charge on any atom is 0.200 e. The van der Waals surface area contributed by atoms with Gasteiger partial charge in [-0.25, -0.2) is 4.39 Å². The number of rotatable bonds is 1. The minimum atomic E-state index is -0.933. The van der Waals surface area contributed by atoms with E-state index in [4.69, 9.17) is 17.0 Å². The van der Waals surface area contributed by atoms with Crippen LogP contribution >= 0.6 is 12.2 Å². The third kappa shape index (κ3) is 3.06. The van der Waals surface area contributed by atoms with Gasteiger partial charge in [0, 0.05) is 29.9 Å². The van der Waals surface area contributed by atoms with Gasteiger partial charge in [-0.15, -0.1) is 0 Å². The summed E-state index contributed by atoms with van der Waals surface area (Å²) in [5, 5.41) is 27.2. The van der Waals surface area contributed by atoms with Gasteiger partial charge in [0.25, 0.3) is 0 Å². The first-order valence-corrected chi connectivity index (χ1v) is 9.19. The van der Waals surface area contributed by atoms with Gasteiger partial charge in [0.05, 0.1) is 0 Å². The summed E-state index contributed by atoms with van der Waals surface area (Å²) >= 11 is 5.36. The summed E-state index contributed by atoms with van der Waals surface area (Å²) in [6, 6.07) is 9.64. The van der Waals surface area contributed by atoms with Crippen molar-refractivity contribution in [2.45, 2.75) is 43.9 Å². The molecule has 2 aromatic rings. The van der Waals surface area contributed by atoms with Gasteiger partial charge in [0.2, 0.25) is 5.75 Å². The van der Waals surface area contributed by atoms with Gasteiger partial charge in [-0.2, -0.15) is 0 Å². The highest BCUT2D eigenvalue weighted by atomic mass is 32.1. The third-order valence-corrected chi connectivity index (χ3v) is 5.35. The van der Waals surface area contributed by atoms with Crippen LogP contribution in [0.2, 0.25) is 0 Å². The fraction of sp³-hybridized carbons (Fsp3) is 0.350. The maximum absolute atomic E-state index is 14.6. The lowest BCUT2D eigenvalue weighted by atomic mass is 9.77. The molecule has 5 nitrogen and oxygen atoms in total. The Balaban J connectivity index is 1.89. The zero-order valence-electron chi connectivity index (χ0n) is 15.0. The quantitative estimate of drug-likeness (QED) is 0.443. The zero-order chi connectivity index (χ0) is 19.4. The molecule has 1 fully saturated rings. The number of thiocarbonyl (C=S) groups is 1. The minimum absolute atomic E-state index is 0.155. The van der Waals surface area contributed by atoms with Crippen LogP contribution in [0.25, 0.3) is 0 Å². The molecule has 2 aromatic carbocycles. The number of hydrogen-bond donors (Lipinski definition) is 4. The van der Waals surface area contributed by atoms with Gasteiger partial charge in [0.1, 0.15) is 5.82 Å². The summed E-state index contributed by atoms with van der Waals surface area (Å²) in [6.07, 6.45) is 0.954. The minimum Gasteiger partial charge on any atom is -0.504 e. The molecule has 0 bridgehead atoms. The first-order valence-electron chi connectivity index (χ1n) is 8.78. The number of hydrogen-bond acceptors (Lipinski definition) is 4. The van der Waals surface area contributed by atoms with Gasteiger partial charge in [-0.05, 0) is 43.8 Å². The molecule has 7 heteroatoms. The summed E-state index contributed by atoms with van der Waals surface area (Å²) in [4.78, 5) is 0. The highest BCUT2D eigenvalue weighted by molar-refractivity contribution is 7.80. The molecule has 0 aliphatic carbocycles. The molecule has 1 spiro atoms. The Morgan fingerprint density at radius 3 is 2.56 bits per heavy atom. The molecule has 0 saturated carbocycles.